The molecule has 0 saturated heterocycles. The molecule has 1 aliphatic carbocycles. The van der Waals surface area contributed by atoms with E-state index in [0.717, 1.165) is 29.4 Å². The summed E-state index contributed by atoms with van der Waals surface area (Å²) in [7, 11) is 0. The molecule has 0 atom stereocenters. The quantitative estimate of drug-likeness (QED) is 0.797. The molecule has 1 fully saturated rings. The van der Waals surface area contributed by atoms with Gasteiger partial charge in [-0.1, -0.05) is 24.3 Å². The van der Waals surface area contributed by atoms with Gasteiger partial charge in [0, 0.05) is 29.8 Å². The highest BCUT2D eigenvalue weighted by Gasteiger charge is 2.28. The van der Waals surface area contributed by atoms with Crippen molar-refractivity contribution in [3.63, 3.8) is 0 Å². The van der Waals surface area contributed by atoms with Crippen LogP contribution in [0.1, 0.15) is 12.8 Å². The normalized spacial score (nSPS) is 14.3. The standard InChI is InChI=1S/C14H16N4O/c19-14(10-5-6-10)16-8-7-15-13-12-4-2-1-3-11(12)9-17-18-13/h1-4,9-10H,5-8H2,(H,15,18)(H,16,19). The van der Waals surface area contributed by atoms with E-state index in [-0.39, 0.29) is 11.8 Å². The second-order valence-corrected chi connectivity index (χ2v) is 4.77. The van der Waals surface area contributed by atoms with Crippen LogP contribution < -0.4 is 10.6 Å². The maximum absolute atomic E-state index is 11.5. The van der Waals surface area contributed by atoms with Crippen LogP contribution in [-0.4, -0.2) is 29.2 Å². The van der Waals surface area contributed by atoms with Crippen molar-refractivity contribution in [3.8, 4) is 0 Å². The van der Waals surface area contributed by atoms with Crippen LogP contribution >= 0.6 is 0 Å². The average molecular weight is 256 g/mol. The summed E-state index contributed by atoms with van der Waals surface area (Å²) >= 11 is 0. The summed E-state index contributed by atoms with van der Waals surface area (Å²) in [6.07, 6.45) is 3.82. The van der Waals surface area contributed by atoms with Crippen LogP contribution in [0, 0.1) is 5.92 Å². The lowest BCUT2D eigenvalue weighted by atomic mass is 10.2. The summed E-state index contributed by atoms with van der Waals surface area (Å²) in [5, 5.41) is 16.3. The van der Waals surface area contributed by atoms with Crippen molar-refractivity contribution < 1.29 is 4.79 Å². The van der Waals surface area contributed by atoms with Crippen LogP contribution in [0.4, 0.5) is 5.82 Å². The van der Waals surface area contributed by atoms with Gasteiger partial charge in [0.15, 0.2) is 5.82 Å². The first kappa shape index (κ1) is 11.9. The molecule has 1 saturated carbocycles. The molecule has 5 nitrogen and oxygen atoms in total. The molecule has 5 heteroatoms. The van der Waals surface area contributed by atoms with Crippen molar-refractivity contribution in [2.24, 2.45) is 5.92 Å². The molecule has 2 N–H and O–H groups in total. The van der Waals surface area contributed by atoms with Crippen molar-refractivity contribution in [3.05, 3.63) is 30.5 Å². The summed E-state index contributed by atoms with van der Waals surface area (Å²) < 4.78 is 0. The summed E-state index contributed by atoms with van der Waals surface area (Å²) in [6, 6.07) is 7.97. The highest BCUT2D eigenvalue weighted by molar-refractivity contribution is 5.90. The number of benzene rings is 1. The number of fused-ring (bicyclic) bond motifs is 1. The average Bonchev–Trinajstić information content (AvgIpc) is 3.28. The highest BCUT2D eigenvalue weighted by atomic mass is 16.2. The summed E-state index contributed by atoms with van der Waals surface area (Å²) in [5.74, 6) is 1.20. The van der Waals surface area contributed by atoms with E-state index in [2.05, 4.69) is 20.8 Å². The summed E-state index contributed by atoms with van der Waals surface area (Å²) in [4.78, 5) is 11.5. The maximum Gasteiger partial charge on any atom is 0.223 e. The van der Waals surface area contributed by atoms with Gasteiger partial charge in [0.1, 0.15) is 0 Å². The van der Waals surface area contributed by atoms with Crippen molar-refractivity contribution in [1.82, 2.24) is 15.5 Å². The molecular weight excluding hydrogens is 240 g/mol. The number of aromatic nitrogens is 2. The van der Waals surface area contributed by atoms with Crippen LogP contribution in [0.25, 0.3) is 10.8 Å². The predicted molar refractivity (Wildman–Crippen MR) is 73.8 cm³/mol. The fraction of sp³-hybridized carbons (Fsp3) is 0.357. The van der Waals surface area contributed by atoms with Gasteiger partial charge in [-0.15, -0.1) is 5.10 Å². The van der Waals surface area contributed by atoms with Gasteiger partial charge in [-0.3, -0.25) is 4.79 Å². The maximum atomic E-state index is 11.5. The Hall–Kier alpha value is -2.17. The Morgan fingerprint density at radius 1 is 1.26 bits per heavy atom. The van der Waals surface area contributed by atoms with Crippen LogP contribution in [0.3, 0.4) is 0 Å². The number of hydrogen-bond acceptors (Lipinski definition) is 4. The lowest BCUT2D eigenvalue weighted by Gasteiger charge is -2.08. The van der Waals surface area contributed by atoms with E-state index in [1.807, 2.05) is 24.3 Å². The van der Waals surface area contributed by atoms with Gasteiger partial charge >= 0.3 is 0 Å². The first-order valence-corrected chi connectivity index (χ1v) is 6.56. The largest absolute Gasteiger partial charge is 0.366 e. The number of nitrogens with zero attached hydrogens (tertiary/aromatic N) is 2. The number of rotatable bonds is 5. The second kappa shape index (κ2) is 5.22. The molecule has 1 heterocycles. The SMILES string of the molecule is O=C(NCCNc1nncc2ccccc12)C1CC1. The molecule has 1 aromatic carbocycles. The minimum absolute atomic E-state index is 0.172. The number of carbonyl (C=O) groups excluding carboxylic acids is 1. The van der Waals surface area contributed by atoms with Gasteiger partial charge in [0.25, 0.3) is 0 Å². The zero-order valence-corrected chi connectivity index (χ0v) is 10.6. The third-order valence-corrected chi connectivity index (χ3v) is 3.24. The molecule has 0 aliphatic heterocycles. The van der Waals surface area contributed by atoms with Crippen molar-refractivity contribution in [2.45, 2.75) is 12.8 Å². The Labute approximate surface area is 111 Å². The molecule has 0 bridgehead atoms. The molecule has 98 valence electrons. The minimum atomic E-state index is 0.172. The molecule has 3 rings (SSSR count). The van der Waals surface area contributed by atoms with E-state index < -0.39 is 0 Å². The minimum Gasteiger partial charge on any atom is -0.366 e. The lowest BCUT2D eigenvalue weighted by Crippen LogP contribution is -2.30. The smallest absolute Gasteiger partial charge is 0.223 e. The molecular formula is C14H16N4O. The van der Waals surface area contributed by atoms with Gasteiger partial charge < -0.3 is 10.6 Å². The predicted octanol–water partition coefficient (Wildman–Crippen LogP) is 1.57. The zero-order valence-electron chi connectivity index (χ0n) is 10.6. The third kappa shape index (κ3) is 2.81. The molecule has 0 unspecified atom stereocenters. The Morgan fingerprint density at radius 3 is 2.95 bits per heavy atom. The molecule has 1 aliphatic rings. The van der Waals surface area contributed by atoms with Crippen LogP contribution in [0.2, 0.25) is 0 Å². The topological polar surface area (TPSA) is 66.9 Å². The molecule has 19 heavy (non-hydrogen) atoms. The van der Waals surface area contributed by atoms with E-state index in [4.69, 9.17) is 0 Å². The van der Waals surface area contributed by atoms with Gasteiger partial charge in [0.05, 0.1) is 6.20 Å². The molecule has 1 amide bonds. The van der Waals surface area contributed by atoms with Gasteiger partial charge in [-0.2, -0.15) is 5.10 Å². The Kier molecular flexibility index (Phi) is 3.27. The van der Waals surface area contributed by atoms with Crippen molar-refractivity contribution >= 4 is 22.5 Å². The first-order valence-electron chi connectivity index (χ1n) is 6.56. The monoisotopic (exact) mass is 256 g/mol. The summed E-state index contributed by atoms with van der Waals surface area (Å²) in [5.41, 5.74) is 0. The Balaban J connectivity index is 1.57. The van der Waals surface area contributed by atoms with Gasteiger partial charge in [-0.05, 0) is 12.8 Å². The number of carbonyl (C=O) groups is 1. The highest BCUT2D eigenvalue weighted by Crippen LogP contribution is 2.28. The van der Waals surface area contributed by atoms with Crippen LogP contribution in [-0.2, 0) is 4.79 Å². The molecule has 0 radical (unpaired) electrons. The number of hydrogen-bond donors (Lipinski definition) is 2. The van der Waals surface area contributed by atoms with E-state index >= 15 is 0 Å². The van der Waals surface area contributed by atoms with E-state index in [1.165, 1.54) is 0 Å². The fourth-order valence-electron chi connectivity index (χ4n) is 2.01. The first-order chi connectivity index (χ1) is 9.34. The van der Waals surface area contributed by atoms with E-state index in [9.17, 15) is 4.79 Å². The van der Waals surface area contributed by atoms with Gasteiger partial charge in [-0.25, -0.2) is 0 Å². The van der Waals surface area contributed by atoms with E-state index in [0.29, 0.717) is 13.1 Å². The molecule has 2 aromatic rings. The fourth-order valence-corrected chi connectivity index (χ4v) is 2.01. The number of nitrogens with one attached hydrogen (secondary N) is 2. The van der Waals surface area contributed by atoms with Crippen LogP contribution in [0.5, 0.6) is 0 Å². The lowest BCUT2D eigenvalue weighted by molar-refractivity contribution is -0.122. The molecule has 1 aromatic heterocycles. The third-order valence-electron chi connectivity index (χ3n) is 3.24. The van der Waals surface area contributed by atoms with Gasteiger partial charge in [0.2, 0.25) is 5.91 Å². The second-order valence-electron chi connectivity index (χ2n) is 4.77. The van der Waals surface area contributed by atoms with Crippen molar-refractivity contribution in [1.29, 1.82) is 0 Å². The molecule has 0 spiro atoms. The Bertz CT molecular complexity index is 590. The Morgan fingerprint density at radius 2 is 2.11 bits per heavy atom. The number of amides is 1. The zero-order chi connectivity index (χ0) is 13.1. The van der Waals surface area contributed by atoms with Crippen LogP contribution in [0.15, 0.2) is 30.5 Å². The summed E-state index contributed by atoms with van der Waals surface area (Å²) in [6.45, 7) is 1.27. The van der Waals surface area contributed by atoms with E-state index in [1.54, 1.807) is 6.20 Å². The number of anilines is 1. The van der Waals surface area contributed by atoms with Crippen molar-refractivity contribution in [2.75, 3.05) is 18.4 Å².